The molecule has 3 nitrogen and oxygen atoms in total. The predicted molar refractivity (Wildman–Crippen MR) is 82.3 cm³/mol. The van der Waals surface area contributed by atoms with Gasteiger partial charge < -0.3 is 10.1 Å². The van der Waals surface area contributed by atoms with E-state index in [4.69, 9.17) is 4.74 Å². The maximum absolute atomic E-state index is 6.15. The summed E-state index contributed by atoms with van der Waals surface area (Å²) in [5, 5.41) is 6.84. The summed E-state index contributed by atoms with van der Waals surface area (Å²) in [6.45, 7) is 5.26. The van der Waals surface area contributed by atoms with Crippen molar-refractivity contribution in [3.63, 3.8) is 0 Å². The monoisotopic (exact) mass is 288 g/mol. The van der Waals surface area contributed by atoms with Crippen LogP contribution in [-0.4, -0.2) is 11.5 Å². The Kier molecular flexibility index (Phi) is 4.03. The van der Waals surface area contributed by atoms with Crippen molar-refractivity contribution in [3.05, 3.63) is 45.9 Å². The topological polar surface area (TPSA) is 34.2 Å². The minimum Gasteiger partial charge on any atom is -0.484 e. The lowest BCUT2D eigenvalue weighted by molar-refractivity contribution is 0.148. The van der Waals surface area contributed by atoms with Crippen LogP contribution in [0.15, 0.2) is 29.6 Å². The molecular weight excluding hydrogens is 268 g/mol. The van der Waals surface area contributed by atoms with Gasteiger partial charge in [-0.3, -0.25) is 0 Å². The molecule has 1 N–H and O–H groups in total. The molecule has 1 aromatic carbocycles. The molecule has 2 atom stereocenters. The third kappa shape index (κ3) is 2.72. The van der Waals surface area contributed by atoms with Gasteiger partial charge in [0.1, 0.15) is 11.9 Å². The number of aromatic nitrogens is 1. The number of para-hydroxylation sites is 1. The molecule has 0 fully saturated rings. The van der Waals surface area contributed by atoms with E-state index >= 15 is 0 Å². The highest BCUT2D eigenvalue weighted by molar-refractivity contribution is 7.09. The van der Waals surface area contributed by atoms with Gasteiger partial charge in [0.2, 0.25) is 0 Å². The fourth-order valence-electron chi connectivity index (χ4n) is 2.64. The number of thiazole rings is 1. The number of fused-ring (bicyclic) bond motifs is 1. The normalized spacial score (nSPS) is 21.3. The standard InChI is InChI=1S/C16H20N2OS/c1-3-8-17-13-9-16(14-10-20-11(2)18-14)19-15-7-5-4-6-12(13)15/h4-7,10,13,16-17H,3,8-9H2,1-2H3. The van der Waals surface area contributed by atoms with Crippen LogP contribution in [-0.2, 0) is 0 Å². The number of nitrogens with one attached hydrogen (secondary N) is 1. The van der Waals surface area contributed by atoms with Crippen LogP contribution in [0, 0.1) is 6.92 Å². The maximum atomic E-state index is 6.15. The zero-order valence-electron chi connectivity index (χ0n) is 11.9. The van der Waals surface area contributed by atoms with Gasteiger partial charge in [0.25, 0.3) is 0 Å². The Balaban J connectivity index is 1.87. The third-order valence-corrected chi connectivity index (χ3v) is 4.41. The highest BCUT2D eigenvalue weighted by Crippen LogP contribution is 2.40. The molecule has 20 heavy (non-hydrogen) atoms. The van der Waals surface area contributed by atoms with Crippen molar-refractivity contribution >= 4 is 11.3 Å². The minimum absolute atomic E-state index is 0.0595. The molecule has 1 aliphatic heterocycles. The zero-order chi connectivity index (χ0) is 13.9. The highest BCUT2D eigenvalue weighted by Gasteiger charge is 2.29. The quantitative estimate of drug-likeness (QED) is 0.922. The van der Waals surface area contributed by atoms with Crippen LogP contribution in [0.2, 0.25) is 0 Å². The first kappa shape index (κ1) is 13.6. The summed E-state index contributed by atoms with van der Waals surface area (Å²) >= 11 is 1.69. The Morgan fingerprint density at radius 2 is 2.25 bits per heavy atom. The fourth-order valence-corrected chi connectivity index (χ4v) is 3.29. The molecule has 0 amide bonds. The molecule has 2 aromatic rings. The van der Waals surface area contributed by atoms with E-state index in [2.05, 4.69) is 40.8 Å². The molecule has 0 saturated heterocycles. The first-order valence-electron chi connectivity index (χ1n) is 7.19. The molecule has 4 heteroatoms. The van der Waals surface area contributed by atoms with E-state index in [9.17, 15) is 0 Å². The van der Waals surface area contributed by atoms with Crippen LogP contribution < -0.4 is 10.1 Å². The second-order valence-electron chi connectivity index (χ2n) is 5.18. The number of nitrogens with zero attached hydrogens (tertiary/aromatic N) is 1. The average molecular weight is 288 g/mol. The van der Waals surface area contributed by atoms with Gasteiger partial charge in [-0.15, -0.1) is 11.3 Å². The Morgan fingerprint density at radius 3 is 3.00 bits per heavy atom. The Morgan fingerprint density at radius 1 is 1.40 bits per heavy atom. The highest BCUT2D eigenvalue weighted by atomic mass is 32.1. The number of aryl methyl sites for hydroxylation is 1. The minimum atomic E-state index is 0.0595. The summed E-state index contributed by atoms with van der Waals surface area (Å²) < 4.78 is 6.15. The van der Waals surface area contributed by atoms with Crippen molar-refractivity contribution in [2.75, 3.05) is 6.54 Å². The van der Waals surface area contributed by atoms with E-state index in [0.717, 1.165) is 35.8 Å². The Labute approximate surface area is 124 Å². The van der Waals surface area contributed by atoms with Gasteiger partial charge >= 0.3 is 0 Å². The molecule has 0 bridgehead atoms. The van der Waals surface area contributed by atoms with Gasteiger partial charge in [-0.25, -0.2) is 4.98 Å². The average Bonchev–Trinajstić information content (AvgIpc) is 2.91. The number of hydrogen-bond donors (Lipinski definition) is 1. The lowest BCUT2D eigenvalue weighted by Crippen LogP contribution is -2.29. The molecule has 0 spiro atoms. The van der Waals surface area contributed by atoms with E-state index in [1.54, 1.807) is 11.3 Å². The van der Waals surface area contributed by atoms with Crippen molar-refractivity contribution in [2.45, 2.75) is 38.8 Å². The Hall–Kier alpha value is -1.39. The number of ether oxygens (including phenoxy) is 1. The molecule has 0 aliphatic carbocycles. The van der Waals surface area contributed by atoms with Gasteiger partial charge in [0.05, 0.1) is 10.7 Å². The van der Waals surface area contributed by atoms with Gasteiger partial charge in [-0.05, 0) is 26.0 Å². The Bertz CT molecular complexity index is 581. The largest absolute Gasteiger partial charge is 0.484 e. The van der Waals surface area contributed by atoms with Crippen LogP contribution in [0.5, 0.6) is 5.75 Å². The molecular formula is C16H20N2OS. The van der Waals surface area contributed by atoms with Crippen LogP contribution in [0.3, 0.4) is 0 Å². The number of hydrogen-bond acceptors (Lipinski definition) is 4. The van der Waals surface area contributed by atoms with Crippen LogP contribution in [0.4, 0.5) is 0 Å². The van der Waals surface area contributed by atoms with Gasteiger partial charge in [0, 0.05) is 23.4 Å². The fraction of sp³-hybridized carbons (Fsp3) is 0.438. The van der Waals surface area contributed by atoms with Gasteiger partial charge in [-0.2, -0.15) is 0 Å². The van der Waals surface area contributed by atoms with Gasteiger partial charge in [-0.1, -0.05) is 25.1 Å². The first-order valence-corrected chi connectivity index (χ1v) is 8.07. The zero-order valence-corrected chi connectivity index (χ0v) is 12.7. The summed E-state index contributed by atoms with van der Waals surface area (Å²) in [6.07, 6.45) is 2.14. The lowest BCUT2D eigenvalue weighted by Gasteiger charge is -2.32. The van der Waals surface area contributed by atoms with Crippen molar-refractivity contribution in [1.29, 1.82) is 0 Å². The lowest BCUT2D eigenvalue weighted by atomic mass is 9.95. The van der Waals surface area contributed by atoms with Crippen molar-refractivity contribution in [3.8, 4) is 5.75 Å². The first-order chi connectivity index (χ1) is 9.78. The molecule has 2 heterocycles. The van der Waals surface area contributed by atoms with Crippen LogP contribution >= 0.6 is 11.3 Å². The van der Waals surface area contributed by atoms with Crippen molar-refractivity contribution < 1.29 is 4.74 Å². The second kappa shape index (κ2) is 5.94. The van der Waals surface area contributed by atoms with Crippen molar-refractivity contribution in [1.82, 2.24) is 10.3 Å². The van der Waals surface area contributed by atoms with E-state index in [1.807, 2.05) is 13.0 Å². The summed E-state index contributed by atoms with van der Waals surface area (Å²) in [5.41, 5.74) is 2.33. The second-order valence-corrected chi connectivity index (χ2v) is 6.24. The molecule has 106 valence electrons. The third-order valence-electron chi connectivity index (χ3n) is 3.62. The SMILES string of the molecule is CCCNC1CC(c2csc(C)n2)Oc2ccccc21. The molecule has 0 saturated carbocycles. The summed E-state index contributed by atoms with van der Waals surface area (Å²) in [5.74, 6) is 0.989. The van der Waals surface area contributed by atoms with E-state index in [0.29, 0.717) is 6.04 Å². The smallest absolute Gasteiger partial charge is 0.143 e. The van der Waals surface area contributed by atoms with E-state index in [-0.39, 0.29) is 6.10 Å². The molecule has 0 radical (unpaired) electrons. The van der Waals surface area contributed by atoms with E-state index in [1.165, 1.54) is 5.56 Å². The maximum Gasteiger partial charge on any atom is 0.143 e. The molecule has 1 aliphatic rings. The summed E-state index contributed by atoms with van der Waals surface area (Å²) in [4.78, 5) is 4.59. The van der Waals surface area contributed by atoms with Gasteiger partial charge in [0.15, 0.2) is 0 Å². The van der Waals surface area contributed by atoms with Crippen molar-refractivity contribution in [2.24, 2.45) is 0 Å². The molecule has 3 rings (SSSR count). The summed E-state index contributed by atoms with van der Waals surface area (Å²) in [7, 11) is 0. The van der Waals surface area contributed by atoms with E-state index < -0.39 is 0 Å². The van der Waals surface area contributed by atoms with Crippen LogP contribution in [0.1, 0.15) is 48.2 Å². The number of rotatable bonds is 4. The predicted octanol–water partition coefficient (Wildman–Crippen LogP) is 4.02. The molecule has 2 unspecified atom stereocenters. The number of benzene rings is 1. The van der Waals surface area contributed by atoms with Crippen LogP contribution in [0.25, 0.3) is 0 Å². The summed E-state index contributed by atoms with van der Waals surface area (Å²) in [6, 6.07) is 8.68. The molecule has 1 aromatic heterocycles.